The van der Waals surface area contributed by atoms with Crippen molar-refractivity contribution in [2.75, 3.05) is 7.11 Å². The van der Waals surface area contributed by atoms with Crippen LogP contribution < -0.4 is 0 Å². The van der Waals surface area contributed by atoms with Gasteiger partial charge in [0.2, 0.25) is 0 Å². The van der Waals surface area contributed by atoms with E-state index in [0.717, 1.165) is 11.4 Å². The van der Waals surface area contributed by atoms with Crippen LogP contribution in [-0.4, -0.2) is 36.1 Å². The molecular formula is C22H18N2O5. The van der Waals surface area contributed by atoms with E-state index in [1.54, 1.807) is 36.4 Å². The Morgan fingerprint density at radius 2 is 1.79 bits per heavy atom. The fourth-order valence-electron chi connectivity index (χ4n) is 4.67. The molecule has 1 saturated carbocycles. The number of benzene rings is 1. The largest absolute Gasteiger partial charge is 0.465 e. The third-order valence-corrected chi connectivity index (χ3v) is 5.97. The standard InChI is InChI=1S/C22H18N2O5/c1-28-22(27)16-5-3-2-4-15(16)17-9-8-14(29-17)11-23-24-20(25)18-12-6-7-13(10-12)19(18)21(24)26/h2-9,11-13,18-19H,10H2,1H3/b23-11-/t12-,13-,18-,19+/m0/s1. The number of furan rings is 1. The summed E-state index contributed by atoms with van der Waals surface area (Å²) in [5.41, 5.74) is 0.970. The first-order chi connectivity index (χ1) is 14.1. The van der Waals surface area contributed by atoms with Crippen LogP contribution in [0.1, 0.15) is 22.5 Å². The van der Waals surface area contributed by atoms with Crippen LogP contribution >= 0.6 is 0 Å². The van der Waals surface area contributed by atoms with Crippen molar-refractivity contribution in [2.24, 2.45) is 28.8 Å². The summed E-state index contributed by atoms with van der Waals surface area (Å²) in [6.07, 6.45) is 6.32. The summed E-state index contributed by atoms with van der Waals surface area (Å²) >= 11 is 0. The summed E-state index contributed by atoms with van der Waals surface area (Å²) in [5, 5.41) is 5.09. The van der Waals surface area contributed by atoms with Crippen molar-refractivity contribution in [3.05, 3.63) is 59.9 Å². The molecule has 2 aromatic rings. The highest BCUT2D eigenvalue weighted by atomic mass is 16.5. The van der Waals surface area contributed by atoms with Crippen LogP contribution in [0.3, 0.4) is 0 Å². The number of hydrazone groups is 1. The molecule has 7 nitrogen and oxygen atoms in total. The van der Waals surface area contributed by atoms with Gasteiger partial charge in [-0.15, -0.1) is 0 Å². The Hall–Kier alpha value is -3.48. The van der Waals surface area contributed by atoms with E-state index < -0.39 is 5.97 Å². The van der Waals surface area contributed by atoms with Gasteiger partial charge in [0.15, 0.2) is 0 Å². The Morgan fingerprint density at radius 1 is 1.10 bits per heavy atom. The molecule has 29 heavy (non-hydrogen) atoms. The van der Waals surface area contributed by atoms with Crippen LogP contribution in [0.25, 0.3) is 11.3 Å². The van der Waals surface area contributed by atoms with E-state index in [2.05, 4.69) is 5.10 Å². The second kappa shape index (κ2) is 6.55. The summed E-state index contributed by atoms with van der Waals surface area (Å²) in [6, 6.07) is 10.3. The number of allylic oxidation sites excluding steroid dienone is 2. The van der Waals surface area contributed by atoms with E-state index in [1.807, 2.05) is 12.2 Å². The second-order valence-electron chi connectivity index (χ2n) is 7.47. The Kier molecular flexibility index (Phi) is 3.97. The Balaban J connectivity index is 1.38. The van der Waals surface area contributed by atoms with Gasteiger partial charge in [0.05, 0.1) is 30.7 Å². The van der Waals surface area contributed by atoms with Crippen LogP contribution in [0.15, 0.2) is 58.1 Å². The van der Waals surface area contributed by atoms with Gasteiger partial charge in [-0.25, -0.2) is 4.79 Å². The smallest absolute Gasteiger partial charge is 0.338 e. The van der Waals surface area contributed by atoms with Crippen molar-refractivity contribution in [1.82, 2.24) is 5.01 Å². The van der Waals surface area contributed by atoms with Crippen LogP contribution in [0.4, 0.5) is 0 Å². The Morgan fingerprint density at radius 3 is 2.48 bits per heavy atom. The summed E-state index contributed by atoms with van der Waals surface area (Å²) in [4.78, 5) is 37.3. The number of ether oxygens (including phenoxy) is 1. The molecule has 1 aliphatic heterocycles. The lowest BCUT2D eigenvalue weighted by molar-refractivity contribution is -0.140. The topological polar surface area (TPSA) is 89.2 Å². The van der Waals surface area contributed by atoms with Crippen LogP contribution in [0.2, 0.25) is 0 Å². The second-order valence-corrected chi connectivity index (χ2v) is 7.47. The minimum absolute atomic E-state index is 0.145. The maximum absolute atomic E-state index is 12.7. The van der Waals surface area contributed by atoms with E-state index in [-0.39, 0.29) is 35.5 Å². The lowest BCUT2D eigenvalue weighted by Gasteiger charge is -2.13. The molecule has 5 rings (SSSR count). The molecule has 2 aliphatic carbocycles. The molecule has 3 aliphatic rings. The van der Waals surface area contributed by atoms with E-state index in [1.165, 1.54) is 13.3 Å². The van der Waals surface area contributed by atoms with Gasteiger partial charge in [0.1, 0.15) is 11.5 Å². The number of imide groups is 1. The zero-order valence-electron chi connectivity index (χ0n) is 15.6. The molecule has 2 heterocycles. The molecule has 1 aromatic heterocycles. The number of carbonyl (C=O) groups is 3. The van der Waals surface area contributed by atoms with Crippen molar-refractivity contribution < 1.29 is 23.5 Å². The maximum atomic E-state index is 12.7. The fraction of sp³-hybridized carbons (Fsp3) is 0.273. The van der Waals surface area contributed by atoms with E-state index in [0.29, 0.717) is 22.6 Å². The first kappa shape index (κ1) is 17.6. The Bertz CT molecular complexity index is 1050. The highest BCUT2D eigenvalue weighted by Crippen LogP contribution is 2.52. The number of carbonyl (C=O) groups excluding carboxylic acids is 3. The fourth-order valence-corrected chi connectivity index (χ4v) is 4.67. The highest BCUT2D eigenvalue weighted by molar-refractivity contribution is 6.06. The van der Waals surface area contributed by atoms with Gasteiger partial charge in [0.25, 0.3) is 11.8 Å². The lowest BCUT2D eigenvalue weighted by Crippen LogP contribution is -2.28. The summed E-state index contributed by atoms with van der Waals surface area (Å²) in [6.45, 7) is 0. The van der Waals surface area contributed by atoms with Crippen LogP contribution in [0, 0.1) is 23.7 Å². The molecule has 4 atom stereocenters. The lowest BCUT2D eigenvalue weighted by atomic mass is 9.85. The van der Waals surface area contributed by atoms with Gasteiger partial charge in [0, 0.05) is 5.56 Å². The average Bonchev–Trinajstić information content (AvgIpc) is 3.51. The number of hydrogen-bond donors (Lipinski definition) is 0. The summed E-state index contributed by atoms with van der Waals surface area (Å²) in [7, 11) is 1.32. The summed E-state index contributed by atoms with van der Waals surface area (Å²) < 4.78 is 10.6. The molecule has 0 spiro atoms. The number of nitrogens with zero attached hydrogens (tertiary/aromatic N) is 2. The predicted molar refractivity (Wildman–Crippen MR) is 103 cm³/mol. The molecule has 0 N–H and O–H groups in total. The predicted octanol–water partition coefficient (Wildman–Crippen LogP) is 2.87. The average molecular weight is 390 g/mol. The zero-order chi connectivity index (χ0) is 20.1. The van der Waals surface area contributed by atoms with Crippen molar-refractivity contribution >= 4 is 24.0 Å². The molecular weight excluding hydrogens is 372 g/mol. The minimum atomic E-state index is -0.463. The molecule has 2 bridgehead atoms. The van der Waals surface area contributed by atoms with E-state index >= 15 is 0 Å². The van der Waals surface area contributed by atoms with Crippen molar-refractivity contribution in [2.45, 2.75) is 6.42 Å². The van der Waals surface area contributed by atoms with E-state index in [4.69, 9.17) is 9.15 Å². The molecule has 2 amide bonds. The van der Waals surface area contributed by atoms with Crippen molar-refractivity contribution in [3.63, 3.8) is 0 Å². The number of esters is 1. The molecule has 0 radical (unpaired) electrons. The van der Waals surface area contributed by atoms with Crippen LogP contribution in [-0.2, 0) is 14.3 Å². The molecule has 7 heteroatoms. The highest BCUT2D eigenvalue weighted by Gasteiger charge is 2.59. The molecule has 2 fully saturated rings. The Labute approximate surface area is 166 Å². The summed E-state index contributed by atoms with van der Waals surface area (Å²) in [5.74, 6) is -0.382. The van der Waals surface area contributed by atoms with Gasteiger partial charge in [-0.3, -0.25) is 9.59 Å². The van der Waals surface area contributed by atoms with Gasteiger partial charge in [-0.2, -0.15) is 10.1 Å². The number of rotatable bonds is 4. The van der Waals surface area contributed by atoms with Gasteiger partial charge >= 0.3 is 5.97 Å². The quantitative estimate of drug-likeness (QED) is 0.347. The van der Waals surface area contributed by atoms with E-state index in [9.17, 15) is 14.4 Å². The van der Waals surface area contributed by atoms with Crippen molar-refractivity contribution in [3.8, 4) is 11.3 Å². The third-order valence-electron chi connectivity index (χ3n) is 5.97. The van der Waals surface area contributed by atoms with Gasteiger partial charge in [-0.1, -0.05) is 30.4 Å². The number of amides is 2. The first-order valence-corrected chi connectivity index (χ1v) is 9.46. The first-order valence-electron chi connectivity index (χ1n) is 9.46. The van der Waals surface area contributed by atoms with Gasteiger partial charge < -0.3 is 9.15 Å². The number of fused-ring (bicyclic) bond motifs is 5. The van der Waals surface area contributed by atoms with Crippen LogP contribution in [0.5, 0.6) is 0 Å². The number of hydrogen-bond acceptors (Lipinski definition) is 6. The SMILES string of the molecule is COC(=O)c1ccccc1-c1ccc(/C=N\N2C(=O)[C@@H]3[C@H](C2=O)[C@H]2C=C[C@H]3C2)o1. The zero-order valence-corrected chi connectivity index (χ0v) is 15.6. The van der Waals surface area contributed by atoms with Crippen molar-refractivity contribution in [1.29, 1.82) is 0 Å². The normalized spacial score (nSPS) is 27.3. The monoisotopic (exact) mass is 390 g/mol. The molecule has 0 unspecified atom stereocenters. The van der Waals surface area contributed by atoms with Gasteiger partial charge in [-0.05, 0) is 36.5 Å². The molecule has 1 aromatic carbocycles. The minimum Gasteiger partial charge on any atom is -0.465 e. The molecule has 1 saturated heterocycles. The third kappa shape index (κ3) is 2.65. The number of methoxy groups -OCH3 is 1. The molecule has 146 valence electrons. The maximum Gasteiger partial charge on any atom is 0.338 e.